The second kappa shape index (κ2) is 7.88. The lowest BCUT2D eigenvalue weighted by molar-refractivity contribution is -0.136. The second-order valence-corrected chi connectivity index (χ2v) is 6.68. The van der Waals surface area contributed by atoms with Gasteiger partial charge >= 0.3 is 0 Å². The van der Waals surface area contributed by atoms with Gasteiger partial charge in [0.25, 0.3) is 0 Å². The lowest BCUT2D eigenvalue weighted by Gasteiger charge is -2.28. The SMILES string of the molecule is N#Cc1ccccc1CON1C=Nc2c(ncn2[C@@H]2O[C@H](CO)C(O)C2O)C1N. The Labute approximate surface area is 165 Å². The van der Waals surface area contributed by atoms with Gasteiger partial charge in [-0.25, -0.2) is 15.0 Å². The highest BCUT2D eigenvalue weighted by atomic mass is 16.7. The highest BCUT2D eigenvalue weighted by Crippen LogP contribution is 2.37. The number of hydrogen-bond acceptors (Lipinski definition) is 10. The Hall–Kier alpha value is -2.85. The summed E-state index contributed by atoms with van der Waals surface area (Å²) < 4.78 is 6.98. The molecule has 11 nitrogen and oxygen atoms in total. The van der Waals surface area contributed by atoms with Crippen molar-refractivity contribution in [3.63, 3.8) is 0 Å². The molecule has 0 spiro atoms. The molecule has 152 valence electrons. The minimum Gasteiger partial charge on any atom is -0.394 e. The molecule has 3 heterocycles. The van der Waals surface area contributed by atoms with E-state index in [0.717, 1.165) is 0 Å². The normalized spacial score (nSPS) is 28.4. The summed E-state index contributed by atoms with van der Waals surface area (Å²) in [5.41, 5.74) is 7.83. The summed E-state index contributed by atoms with van der Waals surface area (Å²) in [6.07, 6.45) is -2.36. The second-order valence-electron chi connectivity index (χ2n) is 6.68. The van der Waals surface area contributed by atoms with Gasteiger partial charge in [-0.05, 0) is 11.6 Å². The quantitative estimate of drug-likeness (QED) is 0.515. The maximum absolute atomic E-state index is 10.2. The number of imidazole rings is 1. The lowest BCUT2D eigenvalue weighted by Crippen LogP contribution is -2.36. The molecule has 4 rings (SSSR count). The molecule has 2 aliphatic heterocycles. The zero-order valence-electron chi connectivity index (χ0n) is 15.2. The third kappa shape index (κ3) is 3.38. The standard InChI is InChI=1S/C18H20N6O5/c19-5-10-3-1-2-4-11(10)7-28-24-9-22-17-13(16(24)20)21-8-23(17)18-15(27)14(26)12(6-25)29-18/h1-4,8-9,12,14-16,18,25-27H,6-7,20H2/t12-,14?,15?,16?,18-/m1/s1. The highest BCUT2D eigenvalue weighted by molar-refractivity contribution is 5.64. The lowest BCUT2D eigenvalue weighted by atomic mass is 10.1. The fraction of sp³-hybridized carbons (Fsp3) is 0.389. The Morgan fingerprint density at radius 1 is 1.28 bits per heavy atom. The van der Waals surface area contributed by atoms with Crippen molar-refractivity contribution in [1.29, 1.82) is 5.26 Å². The maximum atomic E-state index is 10.2. The minimum absolute atomic E-state index is 0.119. The van der Waals surface area contributed by atoms with Crippen LogP contribution >= 0.6 is 0 Å². The van der Waals surface area contributed by atoms with Crippen LogP contribution < -0.4 is 5.73 Å². The van der Waals surface area contributed by atoms with Crippen molar-refractivity contribution in [2.75, 3.05) is 6.61 Å². The van der Waals surface area contributed by atoms with Crippen molar-refractivity contribution in [1.82, 2.24) is 14.6 Å². The number of nitrogens with two attached hydrogens (primary N) is 1. The van der Waals surface area contributed by atoms with E-state index in [0.29, 0.717) is 22.6 Å². The molecule has 5 atom stereocenters. The number of hydroxylamine groups is 2. The Bertz CT molecular complexity index is 956. The van der Waals surface area contributed by atoms with E-state index in [1.165, 1.54) is 22.3 Å². The van der Waals surface area contributed by atoms with E-state index in [1.807, 2.05) is 6.07 Å². The predicted octanol–water partition coefficient (Wildman–Crippen LogP) is -0.569. The van der Waals surface area contributed by atoms with Crippen LogP contribution in [0.3, 0.4) is 0 Å². The van der Waals surface area contributed by atoms with Crippen molar-refractivity contribution in [2.45, 2.75) is 37.3 Å². The predicted molar refractivity (Wildman–Crippen MR) is 98.1 cm³/mol. The molecule has 0 amide bonds. The highest BCUT2D eigenvalue weighted by Gasteiger charge is 2.44. The van der Waals surface area contributed by atoms with Gasteiger partial charge in [-0.3, -0.25) is 9.40 Å². The van der Waals surface area contributed by atoms with Crippen LogP contribution in [0, 0.1) is 11.3 Å². The van der Waals surface area contributed by atoms with Crippen LogP contribution in [0.4, 0.5) is 5.82 Å². The largest absolute Gasteiger partial charge is 0.394 e. The summed E-state index contributed by atoms with van der Waals surface area (Å²) in [5.74, 6) is 0.351. The van der Waals surface area contributed by atoms with E-state index >= 15 is 0 Å². The fourth-order valence-electron chi connectivity index (χ4n) is 3.32. The first kappa shape index (κ1) is 19.5. The molecule has 0 bridgehead atoms. The molecule has 0 saturated carbocycles. The molecular weight excluding hydrogens is 380 g/mol. The van der Waals surface area contributed by atoms with E-state index in [4.69, 9.17) is 15.3 Å². The van der Waals surface area contributed by atoms with Crippen LogP contribution in [-0.4, -0.2) is 61.2 Å². The first-order valence-electron chi connectivity index (χ1n) is 8.93. The molecule has 11 heteroatoms. The number of hydrogen-bond donors (Lipinski definition) is 4. The molecule has 29 heavy (non-hydrogen) atoms. The monoisotopic (exact) mass is 400 g/mol. The molecule has 1 aromatic carbocycles. The molecular formula is C18H20N6O5. The van der Waals surface area contributed by atoms with Gasteiger partial charge in [-0.1, -0.05) is 18.2 Å². The van der Waals surface area contributed by atoms with E-state index in [1.54, 1.807) is 18.2 Å². The van der Waals surface area contributed by atoms with Crippen LogP contribution in [0.25, 0.3) is 0 Å². The van der Waals surface area contributed by atoms with Crippen LogP contribution in [-0.2, 0) is 16.2 Å². The topological polar surface area (TPSA) is 162 Å². The molecule has 1 saturated heterocycles. The zero-order chi connectivity index (χ0) is 20.5. The number of fused-ring (bicyclic) bond motifs is 1. The average Bonchev–Trinajstić information content (AvgIpc) is 3.29. The Morgan fingerprint density at radius 3 is 2.79 bits per heavy atom. The van der Waals surface area contributed by atoms with Crippen molar-refractivity contribution in [2.24, 2.45) is 10.7 Å². The van der Waals surface area contributed by atoms with Crippen LogP contribution in [0.5, 0.6) is 0 Å². The Balaban J connectivity index is 1.51. The number of benzene rings is 1. The summed E-state index contributed by atoms with van der Waals surface area (Å²) in [6.45, 7) is -0.311. The third-order valence-corrected chi connectivity index (χ3v) is 4.94. The molecule has 2 aliphatic rings. The van der Waals surface area contributed by atoms with Gasteiger partial charge in [0.1, 0.15) is 37.0 Å². The number of aromatic nitrogens is 2. The van der Waals surface area contributed by atoms with E-state index in [2.05, 4.69) is 16.0 Å². The molecule has 5 N–H and O–H groups in total. The number of ether oxygens (including phenoxy) is 1. The Kier molecular flexibility index (Phi) is 5.29. The van der Waals surface area contributed by atoms with Gasteiger partial charge in [0.05, 0.1) is 24.6 Å². The van der Waals surface area contributed by atoms with Crippen molar-refractivity contribution >= 4 is 12.2 Å². The molecule has 3 unspecified atom stereocenters. The average molecular weight is 400 g/mol. The third-order valence-electron chi connectivity index (χ3n) is 4.94. The zero-order valence-corrected chi connectivity index (χ0v) is 15.2. The number of aliphatic hydroxyl groups excluding tert-OH is 3. The number of nitrogens with zero attached hydrogens (tertiary/aromatic N) is 5. The number of rotatable bonds is 5. The number of aliphatic hydroxyl groups is 3. The summed E-state index contributed by atoms with van der Waals surface area (Å²) in [7, 11) is 0. The van der Waals surface area contributed by atoms with Gasteiger partial charge in [0, 0.05) is 0 Å². The summed E-state index contributed by atoms with van der Waals surface area (Å²) >= 11 is 0. The van der Waals surface area contributed by atoms with Crippen molar-refractivity contribution in [3.8, 4) is 6.07 Å². The molecule has 1 fully saturated rings. The first-order valence-corrected chi connectivity index (χ1v) is 8.93. The van der Waals surface area contributed by atoms with Crippen LogP contribution in [0.15, 0.2) is 35.6 Å². The van der Waals surface area contributed by atoms with Gasteiger partial charge in [-0.15, -0.1) is 0 Å². The maximum Gasteiger partial charge on any atom is 0.165 e. The van der Waals surface area contributed by atoms with Crippen molar-refractivity contribution in [3.05, 3.63) is 47.4 Å². The Morgan fingerprint density at radius 2 is 2.07 bits per heavy atom. The number of aliphatic imine (C=N–C) groups is 1. The molecule has 1 aromatic heterocycles. The first-order chi connectivity index (χ1) is 14.0. The number of nitriles is 1. The van der Waals surface area contributed by atoms with E-state index in [-0.39, 0.29) is 6.61 Å². The van der Waals surface area contributed by atoms with Crippen LogP contribution in [0.1, 0.15) is 29.2 Å². The van der Waals surface area contributed by atoms with Gasteiger partial charge in [0.15, 0.2) is 18.2 Å². The van der Waals surface area contributed by atoms with Gasteiger partial charge < -0.3 is 25.8 Å². The summed E-state index contributed by atoms with van der Waals surface area (Å²) in [6, 6.07) is 9.17. The van der Waals surface area contributed by atoms with E-state index in [9.17, 15) is 20.6 Å². The van der Waals surface area contributed by atoms with E-state index < -0.39 is 37.3 Å². The smallest absolute Gasteiger partial charge is 0.165 e. The molecule has 0 aliphatic carbocycles. The van der Waals surface area contributed by atoms with Gasteiger partial charge in [0.2, 0.25) is 0 Å². The fourth-order valence-corrected chi connectivity index (χ4v) is 3.32. The molecule has 0 radical (unpaired) electrons. The van der Waals surface area contributed by atoms with Gasteiger partial charge in [-0.2, -0.15) is 5.26 Å². The van der Waals surface area contributed by atoms with Crippen molar-refractivity contribution < 1.29 is 24.9 Å². The van der Waals surface area contributed by atoms with Crippen LogP contribution in [0.2, 0.25) is 0 Å². The minimum atomic E-state index is -1.26. The summed E-state index contributed by atoms with van der Waals surface area (Å²) in [5, 5.41) is 40.0. The summed E-state index contributed by atoms with van der Waals surface area (Å²) in [4.78, 5) is 14.2. The molecule has 2 aromatic rings.